The quantitative estimate of drug-likeness (QED) is 0.844. The van der Waals surface area contributed by atoms with Crippen molar-refractivity contribution in [2.45, 2.75) is 37.9 Å². The average molecular weight is 362 g/mol. The first-order valence-electron chi connectivity index (χ1n) is 6.80. The summed E-state index contributed by atoms with van der Waals surface area (Å²) in [4.78, 5) is 0. The molecule has 5 heteroatoms. The number of halogens is 1. The fourth-order valence-electron chi connectivity index (χ4n) is 1.97. The van der Waals surface area contributed by atoms with Crippen molar-refractivity contribution in [1.29, 1.82) is 0 Å². The van der Waals surface area contributed by atoms with Gasteiger partial charge in [0, 0.05) is 11.0 Å². The van der Waals surface area contributed by atoms with E-state index in [-0.39, 0.29) is 11.7 Å². The van der Waals surface area contributed by atoms with Crippen LogP contribution in [0.1, 0.15) is 38.7 Å². The van der Waals surface area contributed by atoms with Gasteiger partial charge in [0.1, 0.15) is 0 Å². The normalized spacial score (nSPS) is 14.2. The molecule has 0 radical (unpaired) electrons. The van der Waals surface area contributed by atoms with E-state index in [0.29, 0.717) is 6.42 Å². The Bertz CT molecular complexity index is 518. The molecule has 20 heavy (non-hydrogen) atoms. The molecular weight excluding hydrogens is 338 g/mol. The molecule has 114 valence electrons. The van der Waals surface area contributed by atoms with Gasteiger partial charge in [-0.05, 0) is 57.9 Å². The second-order valence-electron chi connectivity index (χ2n) is 6.03. The number of likely N-dealkylation sites (N-methyl/N-ethyl adjacent to an activating group) is 1. The lowest BCUT2D eigenvalue weighted by Gasteiger charge is -2.22. The molecule has 0 aliphatic rings. The van der Waals surface area contributed by atoms with Crippen LogP contribution in [0.3, 0.4) is 0 Å². The van der Waals surface area contributed by atoms with E-state index >= 15 is 0 Å². The van der Waals surface area contributed by atoms with E-state index in [1.54, 1.807) is 20.8 Å². The summed E-state index contributed by atoms with van der Waals surface area (Å²) < 4.78 is 24.8. The molecule has 0 aliphatic carbocycles. The lowest BCUT2D eigenvalue weighted by Crippen LogP contribution is -2.31. The molecule has 0 fully saturated rings. The Balaban J connectivity index is 2.81. The second kappa shape index (κ2) is 7.05. The molecule has 1 N–H and O–H groups in total. The number of hydrogen-bond donors (Lipinski definition) is 1. The van der Waals surface area contributed by atoms with Crippen LogP contribution < -0.4 is 5.32 Å². The molecule has 3 nitrogen and oxygen atoms in total. The first-order valence-corrected chi connectivity index (χ1v) is 9.24. The van der Waals surface area contributed by atoms with Gasteiger partial charge < -0.3 is 5.32 Å². The Morgan fingerprint density at radius 1 is 1.20 bits per heavy atom. The van der Waals surface area contributed by atoms with Crippen LogP contribution in [0, 0.1) is 0 Å². The topological polar surface area (TPSA) is 46.2 Å². The molecule has 1 unspecified atom stereocenters. The standard InChI is InChI=1S/C15H24BrNO2S/c1-15(2,3)20(18,19)10-9-13(11-17-4)12-5-7-14(16)8-6-12/h5-8,13,17H,9-11H2,1-4H3. The van der Waals surface area contributed by atoms with E-state index in [9.17, 15) is 8.42 Å². The minimum absolute atomic E-state index is 0.213. The largest absolute Gasteiger partial charge is 0.319 e. The molecule has 0 aliphatic heterocycles. The number of benzene rings is 1. The molecule has 1 atom stereocenters. The third kappa shape index (κ3) is 4.86. The molecule has 1 aromatic carbocycles. The summed E-state index contributed by atoms with van der Waals surface area (Å²) in [6.07, 6.45) is 0.641. The second-order valence-corrected chi connectivity index (χ2v) is 9.80. The Kier molecular flexibility index (Phi) is 6.23. The smallest absolute Gasteiger partial charge is 0.155 e. The fraction of sp³-hybridized carbons (Fsp3) is 0.600. The molecule has 0 saturated heterocycles. The number of nitrogens with one attached hydrogen (secondary N) is 1. The summed E-state index contributed by atoms with van der Waals surface area (Å²) in [6.45, 7) is 6.06. The SMILES string of the molecule is CNCC(CCS(=O)(=O)C(C)(C)C)c1ccc(Br)cc1. The highest BCUT2D eigenvalue weighted by atomic mass is 79.9. The average Bonchev–Trinajstić information content (AvgIpc) is 2.34. The van der Waals surface area contributed by atoms with Crippen molar-refractivity contribution in [3.05, 3.63) is 34.3 Å². The van der Waals surface area contributed by atoms with Gasteiger partial charge in [0.15, 0.2) is 9.84 Å². The van der Waals surface area contributed by atoms with Gasteiger partial charge in [-0.25, -0.2) is 8.42 Å². The number of rotatable bonds is 6. The monoisotopic (exact) mass is 361 g/mol. The zero-order valence-corrected chi connectivity index (χ0v) is 15.0. The van der Waals surface area contributed by atoms with E-state index in [0.717, 1.165) is 11.0 Å². The van der Waals surface area contributed by atoms with Crippen molar-refractivity contribution >= 4 is 25.8 Å². The fourth-order valence-corrected chi connectivity index (χ4v) is 3.44. The van der Waals surface area contributed by atoms with Gasteiger partial charge in [0.2, 0.25) is 0 Å². The van der Waals surface area contributed by atoms with Gasteiger partial charge in [0.05, 0.1) is 10.5 Å². The summed E-state index contributed by atoms with van der Waals surface area (Å²) in [6, 6.07) is 8.10. The third-order valence-electron chi connectivity index (χ3n) is 3.46. The van der Waals surface area contributed by atoms with E-state index in [4.69, 9.17) is 0 Å². The third-order valence-corrected chi connectivity index (χ3v) is 6.63. The van der Waals surface area contributed by atoms with Gasteiger partial charge in [-0.2, -0.15) is 0 Å². The molecule has 0 amide bonds. The molecular formula is C15H24BrNO2S. The van der Waals surface area contributed by atoms with Crippen molar-refractivity contribution < 1.29 is 8.42 Å². The Hall–Kier alpha value is -0.390. The summed E-state index contributed by atoms with van der Waals surface area (Å²) >= 11 is 3.42. The first-order chi connectivity index (χ1) is 9.17. The zero-order chi connectivity index (χ0) is 15.4. The van der Waals surface area contributed by atoms with Crippen LogP contribution in [-0.2, 0) is 9.84 Å². The minimum atomic E-state index is -3.06. The van der Waals surface area contributed by atoms with Crippen molar-refractivity contribution in [2.24, 2.45) is 0 Å². The van der Waals surface area contributed by atoms with Crippen molar-refractivity contribution in [1.82, 2.24) is 5.32 Å². The van der Waals surface area contributed by atoms with Crippen LogP contribution in [0.5, 0.6) is 0 Å². The summed E-state index contributed by atoms with van der Waals surface area (Å²) in [5, 5.41) is 3.15. The first kappa shape index (κ1) is 17.7. The van der Waals surface area contributed by atoms with Gasteiger partial charge in [0.25, 0.3) is 0 Å². The van der Waals surface area contributed by atoms with E-state index in [2.05, 4.69) is 33.4 Å². The van der Waals surface area contributed by atoms with Gasteiger partial charge >= 0.3 is 0 Å². The van der Waals surface area contributed by atoms with E-state index < -0.39 is 14.6 Å². The van der Waals surface area contributed by atoms with Crippen molar-refractivity contribution in [3.8, 4) is 0 Å². The Morgan fingerprint density at radius 3 is 2.20 bits per heavy atom. The van der Waals surface area contributed by atoms with Gasteiger partial charge in [-0.3, -0.25) is 0 Å². The van der Waals surface area contributed by atoms with Crippen LogP contribution >= 0.6 is 15.9 Å². The number of sulfone groups is 1. The maximum absolute atomic E-state index is 12.2. The maximum Gasteiger partial charge on any atom is 0.155 e. The van der Waals surface area contributed by atoms with Crippen molar-refractivity contribution in [3.63, 3.8) is 0 Å². The summed E-state index contributed by atoms with van der Waals surface area (Å²) in [5.74, 6) is 0.434. The highest BCUT2D eigenvalue weighted by Crippen LogP contribution is 2.25. The minimum Gasteiger partial charge on any atom is -0.319 e. The van der Waals surface area contributed by atoms with Crippen LogP contribution in [-0.4, -0.2) is 32.5 Å². The Morgan fingerprint density at radius 2 is 1.75 bits per heavy atom. The predicted octanol–water partition coefficient (Wildman–Crippen LogP) is 3.36. The highest BCUT2D eigenvalue weighted by Gasteiger charge is 2.29. The molecule has 0 bridgehead atoms. The molecule has 0 heterocycles. The van der Waals surface area contributed by atoms with Crippen LogP contribution in [0.4, 0.5) is 0 Å². The summed E-state index contributed by atoms with van der Waals surface area (Å²) in [5.41, 5.74) is 1.17. The predicted molar refractivity (Wildman–Crippen MR) is 89.0 cm³/mol. The molecule has 0 aromatic heterocycles. The van der Waals surface area contributed by atoms with Gasteiger partial charge in [-0.15, -0.1) is 0 Å². The van der Waals surface area contributed by atoms with Gasteiger partial charge in [-0.1, -0.05) is 28.1 Å². The molecule has 1 rings (SSSR count). The number of hydrogen-bond acceptors (Lipinski definition) is 3. The zero-order valence-electron chi connectivity index (χ0n) is 12.6. The van der Waals surface area contributed by atoms with Crippen LogP contribution in [0.25, 0.3) is 0 Å². The lowest BCUT2D eigenvalue weighted by atomic mass is 9.96. The lowest BCUT2D eigenvalue weighted by molar-refractivity contribution is 0.546. The maximum atomic E-state index is 12.2. The van der Waals surface area contributed by atoms with Crippen LogP contribution in [0.15, 0.2) is 28.7 Å². The summed E-state index contributed by atoms with van der Waals surface area (Å²) in [7, 11) is -1.17. The van der Waals surface area contributed by atoms with Crippen LogP contribution in [0.2, 0.25) is 0 Å². The van der Waals surface area contributed by atoms with E-state index in [1.165, 1.54) is 5.56 Å². The van der Waals surface area contributed by atoms with E-state index in [1.807, 2.05) is 19.2 Å². The Labute approximate surface area is 131 Å². The molecule has 0 saturated carbocycles. The highest BCUT2D eigenvalue weighted by molar-refractivity contribution is 9.10. The molecule has 1 aromatic rings. The molecule has 0 spiro atoms. The van der Waals surface area contributed by atoms with Crippen molar-refractivity contribution in [2.75, 3.05) is 19.3 Å².